The van der Waals surface area contributed by atoms with E-state index in [2.05, 4.69) is 31.4 Å². The molecule has 0 spiro atoms. The predicted octanol–water partition coefficient (Wildman–Crippen LogP) is 2.24. The van der Waals surface area contributed by atoms with Crippen LogP contribution in [-0.4, -0.2) is 0 Å². The normalized spacial score (nSPS) is 15.3. The molecule has 1 aromatic rings. The molecule has 0 aromatic heterocycles. The zero-order valence-electron chi connectivity index (χ0n) is 8.33. The predicted molar refractivity (Wildman–Crippen MR) is 56.0 cm³/mol. The molecule has 2 nitrogen and oxygen atoms in total. The Bertz CT molecular complexity index is 233. The van der Waals surface area contributed by atoms with Gasteiger partial charge in [0.05, 0.1) is 0 Å². The molecular formula is C11H18N2. The molecule has 3 N–H and O–H groups in total. The number of hydrogen-bond acceptors (Lipinski definition) is 2. The standard InChI is InChI=1S/C11H18N2/c1-3-9(2)11(13-12)10-7-5-4-6-8-10/h4-9,11,13H,3,12H2,1-2H3. The lowest BCUT2D eigenvalue weighted by Crippen LogP contribution is -2.32. The van der Waals surface area contributed by atoms with E-state index in [-0.39, 0.29) is 6.04 Å². The molecule has 1 aromatic carbocycles. The summed E-state index contributed by atoms with van der Waals surface area (Å²) in [5, 5.41) is 0. The van der Waals surface area contributed by atoms with Crippen molar-refractivity contribution in [2.45, 2.75) is 26.3 Å². The molecule has 0 aliphatic carbocycles. The topological polar surface area (TPSA) is 38.0 Å². The van der Waals surface area contributed by atoms with E-state index in [1.165, 1.54) is 5.56 Å². The van der Waals surface area contributed by atoms with Crippen LogP contribution in [0.5, 0.6) is 0 Å². The second kappa shape index (κ2) is 5.00. The summed E-state index contributed by atoms with van der Waals surface area (Å²) in [5.41, 5.74) is 4.13. The number of benzene rings is 1. The van der Waals surface area contributed by atoms with Crippen molar-refractivity contribution in [2.75, 3.05) is 0 Å². The lowest BCUT2D eigenvalue weighted by atomic mass is 9.93. The third-order valence-electron chi connectivity index (χ3n) is 2.55. The van der Waals surface area contributed by atoms with E-state index in [4.69, 9.17) is 5.84 Å². The van der Waals surface area contributed by atoms with Gasteiger partial charge in [-0.25, -0.2) is 0 Å². The molecule has 0 saturated heterocycles. The van der Waals surface area contributed by atoms with E-state index in [1.54, 1.807) is 0 Å². The Balaban J connectivity index is 2.78. The molecule has 0 bridgehead atoms. The van der Waals surface area contributed by atoms with Crippen molar-refractivity contribution in [1.29, 1.82) is 0 Å². The average Bonchev–Trinajstić information content (AvgIpc) is 2.20. The van der Waals surface area contributed by atoms with Gasteiger partial charge in [0.15, 0.2) is 0 Å². The van der Waals surface area contributed by atoms with Crippen molar-refractivity contribution in [3.05, 3.63) is 35.9 Å². The zero-order valence-corrected chi connectivity index (χ0v) is 8.33. The Kier molecular flexibility index (Phi) is 3.93. The van der Waals surface area contributed by atoms with E-state index in [0.717, 1.165) is 6.42 Å². The minimum Gasteiger partial charge on any atom is -0.271 e. The number of hydrogen-bond donors (Lipinski definition) is 2. The lowest BCUT2D eigenvalue weighted by molar-refractivity contribution is 0.383. The van der Waals surface area contributed by atoms with Gasteiger partial charge in [-0.3, -0.25) is 11.3 Å². The number of nitrogens with one attached hydrogen (secondary N) is 1. The first-order valence-electron chi connectivity index (χ1n) is 4.80. The molecule has 0 fully saturated rings. The molecule has 0 saturated carbocycles. The fourth-order valence-electron chi connectivity index (χ4n) is 1.49. The Labute approximate surface area is 80.1 Å². The average molecular weight is 178 g/mol. The Morgan fingerprint density at radius 3 is 2.38 bits per heavy atom. The minimum atomic E-state index is 0.270. The molecule has 72 valence electrons. The van der Waals surface area contributed by atoms with Crippen LogP contribution in [0.15, 0.2) is 30.3 Å². The summed E-state index contributed by atoms with van der Waals surface area (Å²) in [7, 11) is 0. The van der Waals surface area contributed by atoms with Crippen molar-refractivity contribution in [2.24, 2.45) is 11.8 Å². The molecule has 0 radical (unpaired) electrons. The van der Waals surface area contributed by atoms with Crippen LogP contribution in [0.25, 0.3) is 0 Å². The van der Waals surface area contributed by atoms with E-state index in [9.17, 15) is 0 Å². The minimum absolute atomic E-state index is 0.270. The Morgan fingerprint density at radius 1 is 1.31 bits per heavy atom. The van der Waals surface area contributed by atoms with Gasteiger partial charge in [-0.15, -0.1) is 0 Å². The van der Waals surface area contributed by atoms with Crippen LogP contribution in [0.4, 0.5) is 0 Å². The van der Waals surface area contributed by atoms with Gasteiger partial charge in [0.2, 0.25) is 0 Å². The molecule has 2 unspecified atom stereocenters. The number of rotatable bonds is 4. The van der Waals surface area contributed by atoms with Gasteiger partial charge in [-0.05, 0) is 11.5 Å². The molecule has 0 aliphatic rings. The quantitative estimate of drug-likeness (QED) is 0.548. The lowest BCUT2D eigenvalue weighted by Gasteiger charge is -2.22. The SMILES string of the molecule is CCC(C)C(NN)c1ccccc1. The van der Waals surface area contributed by atoms with Gasteiger partial charge in [-0.2, -0.15) is 0 Å². The van der Waals surface area contributed by atoms with Crippen molar-refractivity contribution >= 4 is 0 Å². The number of nitrogens with two attached hydrogens (primary N) is 1. The number of hydrazine groups is 1. The molecular weight excluding hydrogens is 160 g/mol. The molecule has 13 heavy (non-hydrogen) atoms. The zero-order chi connectivity index (χ0) is 9.68. The summed E-state index contributed by atoms with van der Waals surface area (Å²) in [5.74, 6) is 6.09. The molecule has 0 amide bonds. The van der Waals surface area contributed by atoms with Gasteiger partial charge < -0.3 is 0 Å². The van der Waals surface area contributed by atoms with Crippen molar-refractivity contribution < 1.29 is 0 Å². The second-order valence-electron chi connectivity index (χ2n) is 3.44. The van der Waals surface area contributed by atoms with Gasteiger partial charge in [0.1, 0.15) is 0 Å². The van der Waals surface area contributed by atoms with Crippen LogP contribution in [0.3, 0.4) is 0 Å². The largest absolute Gasteiger partial charge is 0.271 e. The maximum Gasteiger partial charge on any atom is 0.0485 e. The molecule has 2 heteroatoms. The highest BCUT2D eigenvalue weighted by Gasteiger charge is 2.15. The third kappa shape index (κ3) is 2.54. The van der Waals surface area contributed by atoms with Crippen molar-refractivity contribution in [3.63, 3.8) is 0 Å². The fourth-order valence-corrected chi connectivity index (χ4v) is 1.49. The van der Waals surface area contributed by atoms with Crippen LogP contribution in [-0.2, 0) is 0 Å². The molecule has 0 aliphatic heterocycles. The molecule has 0 heterocycles. The Hall–Kier alpha value is -0.860. The first-order valence-corrected chi connectivity index (χ1v) is 4.80. The van der Waals surface area contributed by atoms with Crippen LogP contribution in [0.2, 0.25) is 0 Å². The third-order valence-corrected chi connectivity index (χ3v) is 2.55. The maximum absolute atomic E-state index is 5.53. The van der Waals surface area contributed by atoms with Gasteiger partial charge in [0, 0.05) is 6.04 Å². The van der Waals surface area contributed by atoms with Gasteiger partial charge in [-0.1, -0.05) is 50.6 Å². The molecule has 2 atom stereocenters. The first kappa shape index (κ1) is 10.2. The fraction of sp³-hybridized carbons (Fsp3) is 0.455. The van der Waals surface area contributed by atoms with Crippen LogP contribution >= 0.6 is 0 Å². The van der Waals surface area contributed by atoms with Gasteiger partial charge >= 0.3 is 0 Å². The summed E-state index contributed by atoms with van der Waals surface area (Å²) >= 11 is 0. The van der Waals surface area contributed by atoms with Crippen LogP contribution in [0.1, 0.15) is 31.9 Å². The smallest absolute Gasteiger partial charge is 0.0485 e. The second-order valence-corrected chi connectivity index (χ2v) is 3.44. The Morgan fingerprint density at radius 2 is 1.92 bits per heavy atom. The van der Waals surface area contributed by atoms with Crippen LogP contribution < -0.4 is 11.3 Å². The van der Waals surface area contributed by atoms with E-state index < -0.39 is 0 Å². The highest BCUT2D eigenvalue weighted by molar-refractivity contribution is 5.19. The summed E-state index contributed by atoms with van der Waals surface area (Å²) in [4.78, 5) is 0. The monoisotopic (exact) mass is 178 g/mol. The summed E-state index contributed by atoms with van der Waals surface area (Å²) in [6.07, 6.45) is 1.13. The highest BCUT2D eigenvalue weighted by atomic mass is 15.2. The van der Waals surface area contributed by atoms with Gasteiger partial charge in [0.25, 0.3) is 0 Å². The summed E-state index contributed by atoms with van der Waals surface area (Å²) in [6, 6.07) is 10.6. The van der Waals surface area contributed by atoms with E-state index in [1.807, 2.05) is 18.2 Å². The summed E-state index contributed by atoms with van der Waals surface area (Å²) in [6.45, 7) is 4.38. The maximum atomic E-state index is 5.53. The van der Waals surface area contributed by atoms with Crippen LogP contribution in [0, 0.1) is 5.92 Å². The van der Waals surface area contributed by atoms with E-state index >= 15 is 0 Å². The van der Waals surface area contributed by atoms with Crippen molar-refractivity contribution in [3.8, 4) is 0 Å². The van der Waals surface area contributed by atoms with Crippen molar-refractivity contribution in [1.82, 2.24) is 5.43 Å². The summed E-state index contributed by atoms with van der Waals surface area (Å²) < 4.78 is 0. The highest BCUT2D eigenvalue weighted by Crippen LogP contribution is 2.22. The first-order chi connectivity index (χ1) is 6.29. The molecule has 1 rings (SSSR count). The van der Waals surface area contributed by atoms with E-state index in [0.29, 0.717) is 5.92 Å².